The maximum absolute atomic E-state index is 2.71. The molecule has 0 heteroatoms. The van der Waals surface area contributed by atoms with Crippen LogP contribution in [0.15, 0.2) is 60.7 Å². The first-order valence-corrected chi connectivity index (χ1v) is 19.6. The second kappa shape index (κ2) is 17.9. The van der Waals surface area contributed by atoms with E-state index in [0.29, 0.717) is 0 Å². The van der Waals surface area contributed by atoms with Gasteiger partial charge in [0.1, 0.15) is 0 Å². The van der Waals surface area contributed by atoms with Crippen LogP contribution in [0.25, 0.3) is 43.1 Å². The Hall–Kier alpha value is -2.86. The van der Waals surface area contributed by atoms with E-state index in [1.165, 1.54) is 150 Å². The zero-order valence-electron chi connectivity index (χ0n) is 29.9. The van der Waals surface area contributed by atoms with Gasteiger partial charge in [0.25, 0.3) is 0 Å². The topological polar surface area (TPSA) is 0 Å². The van der Waals surface area contributed by atoms with Crippen LogP contribution in [0.4, 0.5) is 0 Å². The van der Waals surface area contributed by atoms with Crippen LogP contribution in [-0.2, 0) is 25.7 Å². The summed E-state index contributed by atoms with van der Waals surface area (Å²) in [4.78, 5) is 0. The average Bonchev–Trinajstić information content (AvgIpc) is 3.09. The van der Waals surface area contributed by atoms with Crippen LogP contribution in [0.2, 0.25) is 0 Å². The first-order chi connectivity index (χ1) is 22.7. The Balaban J connectivity index is 1.81. The van der Waals surface area contributed by atoms with Gasteiger partial charge in [-0.1, -0.05) is 153 Å². The number of hydrogen-bond acceptors (Lipinski definition) is 0. The Morgan fingerprint density at radius 2 is 0.522 bits per heavy atom. The maximum Gasteiger partial charge on any atom is -0.0136 e. The van der Waals surface area contributed by atoms with Gasteiger partial charge in [-0.15, -0.1) is 0 Å². The van der Waals surface area contributed by atoms with Crippen LogP contribution in [0.5, 0.6) is 0 Å². The van der Waals surface area contributed by atoms with Crippen LogP contribution < -0.4 is 0 Å². The molecule has 0 spiro atoms. The summed E-state index contributed by atoms with van der Waals surface area (Å²) in [6, 6.07) is 24.3. The van der Waals surface area contributed by atoms with Crippen LogP contribution in [0.1, 0.15) is 153 Å². The average molecular weight is 615 g/mol. The summed E-state index contributed by atoms with van der Waals surface area (Å²) in [6.07, 6.45) is 25.7. The van der Waals surface area contributed by atoms with Gasteiger partial charge in [0.2, 0.25) is 0 Å². The number of fused-ring (bicyclic) bond motifs is 4. The number of hydrogen-bond donors (Lipinski definition) is 0. The first-order valence-electron chi connectivity index (χ1n) is 19.6. The zero-order chi connectivity index (χ0) is 32.1. The van der Waals surface area contributed by atoms with E-state index in [-0.39, 0.29) is 0 Å². The lowest BCUT2D eigenvalue weighted by molar-refractivity contribution is 0.667. The zero-order valence-corrected chi connectivity index (χ0v) is 29.9. The van der Waals surface area contributed by atoms with Crippen molar-refractivity contribution in [1.29, 1.82) is 0 Å². The molecule has 0 fully saturated rings. The third-order valence-electron chi connectivity index (χ3n) is 10.7. The van der Waals surface area contributed by atoms with Gasteiger partial charge in [0.15, 0.2) is 0 Å². The van der Waals surface area contributed by atoms with E-state index in [1.807, 2.05) is 0 Å². The summed E-state index contributed by atoms with van der Waals surface area (Å²) in [5, 5.41) is 12.3. The van der Waals surface area contributed by atoms with Crippen LogP contribution in [-0.4, -0.2) is 0 Å². The van der Waals surface area contributed by atoms with Gasteiger partial charge in [-0.05, 0) is 129 Å². The maximum atomic E-state index is 2.71. The van der Waals surface area contributed by atoms with E-state index in [2.05, 4.69) is 88.4 Å². The molecule has 0 N–H and O–H groups in total. The molecule has 0 unspecified atom stereocenters. The Morgan fingerprint density at radius 3 is 0.739 bits per heavy atom. The molecule has 0 saturated heterocycles. The molecule has 0 aromatic heterocycles. The normalized spacial score (nSPS) is 11.9. The Morgan fingerprint density at radius 1 is 0.283 bits per heavy atom. The van der Waals surface area contributed by atoms with Crippen molar-refractivity contribution in [3.05, 3.63) is 82.9 Å². The molecule has 46 heavy (non-hydrogen) atoms. The summed E-state index contributed by atoms with van der Waals surface area (Å²) in [6.45, 7) is 9.32. The van der Waals surface area contributed by atoms with Crippen molar-refractivity contribution in [3.8, 4) is 0 Å². The highest BCUT2D eigenvalue weighted by atomic mass is 14.2. The fourth-order valence-corrected chi connectivity index (χ4v) is 8.19. The van der Waals surface area contributed by atoms with Crippen molar-refractivity contribution >= 4 is 43.1 Å². The molecular formula is C46H62. The van der Waals surface area contributed by atoms with E-state index in [4.69, 9.17) is 0 Å². The number of benzene rings is 5. The molecule has 5 aromatic rings. The van der Waals surface area contributed by atoms with Gasteiger partial charge < -0.3 is 0 Å². The molecule has 0 heterocycles. The van der Waals surface area contributed by atoms with Gasteiger partial charge in [-0.2, -0.15) is 0 Å². The summed E-state index contributed by atoms with van der Waals surface area (Å²) in [7, 11) is 0. The van der Waals surface area contributed by atoms with Crippen molar-refractivity contribution in [2.75, 3.05) is 0 Å². The Labute approximate surface area is 281 Å². The molecule has 5 rings (SSSR count). The smallest absolute Gasteiger partial charge is 0.0136 e. The summed E-state index contributed by atoms with van der Waals surface area (Å²) < 4.78 is 0. The van der Waals surface area contributed by atoms with Gasteiger partial charge in [-0.3, -0.25) is 0 Å². The predicted octanol–water partition coefficient (Wildman–Crippen LogP) is 14.8. The van der Waals surface area contributed by atoms with Crippen LogP contribution in [0.3, 0.4) is 0 Å². The molecule has 0 atom stereocenters. The third-order valence-corrected chi connectivity index (χ3v) is 10.7. The molecule has 0 radical (unpaired) electrons. The molecule has 0 aliphatic carbocycles. The fourth-order valence-electron chi connectivity index (χ4n) is 8.19. The molecule has 0 aliphatic rings. The Bertz CT molecular complexity index is 1440. The molecule has 0 bridgehead atoms. The predicted molar refractivity (Wildman–Crippen MR) is 208 cm³/mol. The standard InChI is InChI=1S/C46H62/c1-5-9-13-17-25-39-35-29-21-22-30-36(35)40(26-18-14-10-6-2)44-34-46-42(28-20-16-12-8-4)38-32-24-23-31-37(38)41(27-19-15-11-7-3)45(46)33-43(39)44/h21-24,29-34H,5-20,25-28H2,1-4H3. The summed E-state index contributed by atoms with van der Waals surface area (Å²) >= 11 is 0. The van der Waals surface area contributed by atoms with Gasteiger partial charge in [0.05, 0.1) is 0 Å². The lowest BCUT2D eigenvalue weighted by Gasteiger charge is -2.22. The van der Waals surface area contributed by atoms with Crippen molar-refractivity contribution in [2.45, 2.75) is 156 Å². The third kappa shape index (κ3) is 7.98. The highest BCUT2D eigenvalue weighted by molar-refractivity contribution is 6.15. The van der Waals surface area contributed by atoms with Crippen LogP contribution >= 0.6 is 0 Å². The monoisotopic (exact) mass is 614 g/mol. The minimum absolute atomic E-state index is 1.18. The van der Waals surface area contributed by atoms with Gasteiger partial charge in [0, 0.05) is 0 Å². The first kappa shape index (κ1) is 34.5. The van der Waals surface area contributed by atoms with Crippen molar-refractivity contribution in [1.82, 2.24) is 0 Å². The minimum Gasteiger partial charge on any atom is -0.0654 e. The number of rotatable bonds is 20. The Kier molecular flexibility index (Phi) is 13.4. The summed E-state index contributed by atoms with van der Waals surface area (Å²) in [5.41, 5.74) is 6.43. The van der Waals surface area contributed by atoms with Crippen molar-refractivity contribution in [3.63, 3.8) is 0 Å². The van der Waals surface area contributed by atoms with E-state index < -0.39 is 0 Å². The second-order valence-electron chi connectivity index (χ2n) is 14.2. The minimum atomic E-state index is 1.18. The molecule has 0 aliphatic heterocycles. The largest absolute Gasteiger partial charge is 0.0654 e. The van der Waals surface area contributed by atoms with Crippen molar-refractivity contribution in [2.24, 2.45) is 0 Å². The molecule has 0 nitrogen and oxygen atoms in total. The van der Waals surface area contributed by atoms with E-state index in [0.717, 1.165) is 0 Å². The summed E-state index contributed by atoms with van der Waals surface area (Å²) in [5.74, 6) is 0. The molecule has 5 aromatic carbocycles. The molecule has 246 valence electrons. The van der Waals surface area contributed by atoms with Gasteiger partial charge in [-0.25, -0.2) is 0 Å². The lowest BCUT2D eigenvalue weighted by atomic mass is 9.82. The lowest BCUT2D eigenvalue weighted by Crippen LogP contribution is -2.01. The fraction of sp³-hybridized carbons (Fsp3) is 0.522. The molecule has 0 amide bonds. The highest BCUT2D eigenvalue weighted by Gasteiger charge is 2.19. The van der Waals surface area contributed by atoms with Gasteiger partial charge >= 0.3 is 0 Å². The van der Waals surface area contributed by atoms with E-state index >= 15 is 0 Å². The SMILES string of the molecule is CCCCCCc1c2ccccc2c(CCCCCC)c2cc3c(CCCCCC)c4ccccc4c(CCCCCC)c3cc12. The number of aryl methyl sites for hydroxylation is 4. The molecule has 0 saturated carbocycles. The molecular weight excluding hydrogens is 553 g/mol. The van der Waals surface area contributed by atoms with E-state index in [9.17, 15) is 0 Å². The highest BCUT2D eigenvalue weighted by Crippen LogP contribution is 2.42. The van der Waals surface area contributed by atoms with Crippen LogP contribution in [0, 0.1) is 0 Å². The van der Waals surface area contributed by atoms with E-state index in [1.54, 1.807) is 43.8 Å². The quantitative estimate of drug-likeness (QED) is 0.0604. The second-order valence-corrected chi connectivity index (χ2v) is 14.2. The van der Waals surface area contributed by atoms with Crippen molar-refractivity contribution < 1.29 is 0 Å². The number of unbranched alkanes of at least 4 members (excludes halogenated alkanes) is 12.